The van der Waals surface area contributed by atoms with Crippen LogP contribution in [-0.4, -0.2) is 10.1 Å². The summed E-state index contributed by atoms with van der Waals surface area (Å²) in [6, 6.07) is 15.7. The maximum absolute atomic E-state index is 9.94. The van der Waals surface area contributed by atoms with Crippen molar-refractivity contribution in [3.8, 4) is 27.6 Å². The Kier molecular flexibility index (Phi) is 3.28. The summed E-state index contributed by atoms with van der Waals surface area (Å²) in [5, 5.41) is 10.8. The molecule has 0 aliphatic heterocycles. The van der Waals surface area contributed by atoms with Crippen LogP contribution in [0, 0.1) is 13.8 Å². The van der Waals surface area contributed by atoms with Gasteiger partial charge in [0.1, 0.15) is 10.8 Å². The zero-order chi connectivity index (χ0) is 14.1. The molecule has 100 valence electrons. The first-order valence-corrected chi connectivity index (χ1v) is 7.29. The topological polar surface area (TPSA) is 33.1 Å². The predicted octanol–water partition coefficient (Wildman–Crippen LogP) is 4.80. The van der Waals surface area contributed by atoms with Crippen LogP contribution in [0.2, 0.25) is 0 Å². The van der Waals surface area contributed by atoms with E-state index in [9.17, 15) is 5.11 Å². The fourth-order valence-electron chi connectivity index (χ4n) is 2.15. The summed E-state index contributed by atoms with van der Waals surface area (Å²) in [6.45, 7) is 4.14. The fraction of sp³-hybridized carbons (Fsp3) is 0.118. The molecule has 0 saturated heterocycles. The molecule has 0 saturated carbocycles. The highest BCUT2D eigenvalue weighted by molar-refractivity contribution is 7.15. The summed E-state index contributed by atoms with van der Waals surface area (Å²) >= 11 is 1.61. The zero-order valence-electron chi connectivity index (χ0n) is 11.4. The lowest BCUT2D eigenvalue weighted by atomic mass is 10.1. The van der Waals surface area contributed by atoms with E-state index in [4.69, 9.17) is 4.98 Å². The minimum Gasteiger partial charge on any atom is -0.507 e. The third-order valence-corrected chi connectivity index (χ3v) is 4.26. The molecular formula is C17H15NOS. The van der Waals surface area contributed by atoms with Crippen LogP contribution in [-0.2, 0) is 0 Å². The normalized spacial score (nSPS) is 10.7. The van der Waals surface area contributed by atoms with Crippen molar-refractivity contribution in [1.82, 2.24) is 4.98 Å². The average Bonchev–Trinajstić information content (AvgIpc) is 2.82. The van der Waals surface area contributed by atoms with E-state index in [0.29, 0.717) is 0 Å². The standard InChI is InChI=1S/C17H15NOS/c1-11-7-9-13(10-8-11)16-12(2)20-17(18-16)14-5-3-4-6-15(14)19/h3-10,19H,1-2H3. The van der Waals surface area contributed by atoms with Crippen molar-refractivity contribution in [2.45, 2.75) is 13.8 Å². The Morgan fingerprint density at radius 2 is 1.65 bits per heavy atom. The molecule has 20 heavy (non-hydrogen) atoms. The number of rotatable bonds is 2. The SMILES string of the molecule is Cc1ccc(-c2nc(-c3ccccc3O)sc2C)cc1. The molecule has 0 aliphatic rings. The van der Waals surface area contributed by atoms with Crippen LogP contribution in [0.3, 0.4) is 0 Å². The smallest absolute Gasteiger partial charge is 0.128 e. The number of hydrogen-bond acceptors (Lipinski definition) is 3. The summed E-state index contributed by atoms with van der Waals surface area (Å²) in [7, 11) is 0. The number of aromatic nitrogens is 1. The van der Waals surface area contributed by atoms with Gasteiger partial charge < -0.3 is 5.11 Å². The molecule has 3 aromatic rings. The summed E-state index contributed by atoms with van der Waals surface area (Å²) in [6.07, 6.45) is 0. The molecular weight excluding hydrogens is 266 g/mol. The van der Waals surface area contributed by atoms with E-state index >= 15 is 0 Å². The number of para-hydroxylation sites is 1. The third kappa shape index (κ3) is 2.32. The van der Waals surface area contributed by atoms with Gasteiger partial charge in [0.05, 0.1) is 11.3 Å². The first-order valence-electron chi connectivity index (χ1n) is 6.48. The van der Waals surface area contributed by atoms with E-state index < -0.39 is 0 Å². The number of aromatic hydroxyl groups is 1. The number of thiazole rings is 1. The molecule has 2 nitrogen and oxygen atoms in total. The van der Waals surface area contributed by atoms with E-state index in [0.717, 1.165) is 26.7 Å². The number of nitrogens with zero attached hydrogens (tertiary/aromatic N) is 1. The van der Waals surface area contributed by atoms with Crippen molar-refractivity contribution >= 4 is 11.3 Å². The second kappa shape index (κ2) is 5.10. The van der Waals surface area contributed by atoms with Crippen LogP contribution in [0.25, 0.3) is 21.8 Å². The van der Waals surface area contributed by atoms with E-state index in [2.05, 4.69) is 38.1 Å². The van der Waals surface area contributed by atoms with Gasteiger partial charge in [-0.2, -0.15) is 0 Å². The molecule has 0 spiro atoms. The monoisotopic (exact) mass is 281 g/mol. The van der Waals surface area contributed by atoms with Crippen LogP contribution in [0.4, 0.5) is 0 Å². The summed E-state index contributed by atoms with van der Waals surface area (Å²) in [5.74, 6) is 0.275. The number of benzene rings is 2. The van der Waals surface area contributed by atoms with Gasteiger partial charge in [0.2, 0.25) is 0 Å². The van der Waals surface area contributed by atoms with Gasteiger partial charge in [-0.1, -0.05) is 42.0 Å². The molecule has 0 aliphatic carbocycles. The molecule has 3 heteroatoms. The highest BCUT2D eigenvalue weighted by atomic mass is 32.1. The molecule has 2 aromatic carbocycles. The summed E-state index contributed by atoms with van der Waals surface area (Å²) in [4.78, 5) is 5.86. The van der Waals surface area contributed by atoms with Crippen molar-refractivity contribution < 1.29 is 5.11 Å². The molecule has 0 unspecified atom stereocenters. The summed E-state index contributed by atoms with van der Waals surface area (Å²) in [5.41, 5.74) is 4.14. The van der Waals surface area contributed by atoms with Crippen LogP contribution in [0.5, 0.6) is 5.75 Å². The van der Waals surface area contributed by atoms with Crippen molar-refractivity contribution in [2.24, 2.45) is 0 Å². The van der Waals surface area contributed by atoms with Gasteiger partial charge >= 0.3 is 0 Å². The summed E-state index contributed by atoms with van der Waals surface area (Å²) < 4.78 is 0. The van der Waals surface area contributed by atoms with Crippen LogP contribution < -0.4 is 0 Å². The highest BCUT2D eigenvalue weighted by Crippen LogP contribution is 2.36. The molecule has 1 N–H and O–H groups in total. The van der Waals surface area contributed by atoms with Crippen LogP contribution >= 0.6 is 11.3 Å². The number of phenols is 1. The van der Waals surface area contributed by atoms with E-state index in [1.165, 1.54) is 5.56 Å². The van der Waals surface area contributed by atoms with Gasteiger partial charge in [0, 0.05) is 10.4 Å². The lowest BCUT2D eigenvalue weighted by Gasteiger charge is -2.00. The first kappa shape index (κ1) is 12.9. The lowest BCUT2D eigenvalue weighted by molar-refractivity contribution is 0.477. The van der Waals surface area contributed by atoms with Gasteiger partial charge in [-0.05, 0) is 26.0 Å². The van der Waals surface area contributed by atoms with Gasteiger partial charge in [-0.3, -0.25) is 0 Å². The van der Waals surface area contributed by atoms with Crippen molar-refractivity contribution in [1.29, 1.82) is 0 Å². The van der Waals surface area contributed by atoms with Crippen molar-refractivity contribution in [3.63, 3.8) is 0 Å². The van der Waals surface area contributed by atoms with E-state index in [1.807, 2.05) is 18.2 Å². The van der Waals surface area contributed by atoms with Crippen molar-refractivity contribution in [3.05, 3.63) is 59.0 Å². The van der Waals surface area contributed by atoms with Gasteiger partial charge in [0.15, 0.2) is 0 Å². The number of hydrogen-bond donors (Lipinski definition) is 1. The largest absolute Gasteiger partial charge is 0.507 e. The minimum atomic E-state index is 0.275. The maximum Gasteiger partial charge on any atom is 0.128 e. The first-order chi connectivity index (χ1) is 9.65. The molecule has 1 heterocycles. The molecule has 0 amide bonds. The Morgan fingerprint density at radius 3 is 2.35 bits per heavy atom. The van der Waals surface area contributed by atoms with Crippen LogP contribution in [0.1, 0.15) is 10.4 Å². The number of phenolic OH excluding ortho intramolecular Hbond substituents is 1. The van der Waals surface area contributed by atoms with E-state index in [1.54, 1.807) is 17.4 Å². The van der Waals surface area contributed by atoms with Crippen LogP contribution in [0.15, 0.2) is 48.5 Å². The molecule has 0 radical (unpaired) electrons. The lowest BCUT2D eigenvalue weighted by Crippen LogP contribution is -1.82. The second-order valence-electron chi connectivity index (χ2n) is 4.81. The van der Waals surface area contributed by atoms with Crippen molar-refractivity contribution in [2.75, 3.05) is 0 Å². The van der Waals surface area contributed by atoms with Gasteiger partial charge in [-0.25, -0.2) is 4.98 Å². The number of aryl methyl sites for hydroxylation is 2. The maximum atomic E-state index is 9.94. The predicted molar refractivity (Wildman–Crippen MR) is 84.1 cm³/mol. The minimum absolute atomic E-state index is 0.275. The zero-order valence-corrected chi connectivity index (χ0v) is 12.2. The Balaban J connectivity index is 2.08. The molecule has 0 bridgehead atoms. The highest BCUT2D eigenvalue weighted by Gasteiger charge is 2.13. The quantitative estimate of drug-likeness (QED) is 0.732. The molecule has 0 fully saturated rings. The third-order valence-electron chi connectivity index (χ3n) is 3.26. The van der Waals surface area contributed by atoms with Gasteiger partial charge in [0.25, 0.3) is 0 Å². The molecule has 3 rings (SSSR count). The second-order valence-corrected chi connectivity index (χ2v) is 6.01. The average molecular weight is 281 g/mol. The van der Waals surface area contributed by atoms with Gasteiger partial charge in [-0.15, -0.1) is 11.3 Å². The van der Waals surface area contributed by atoms with E-state index in [-0.39, 0.29) is 5.75 Å². The Morgan fingerprint density at radius 1 is 0.950 bits per heavy atom. The Bertz CT molecular complexity index is 744. The Hall–Kier alpha value is -2.13. The molecule has 0 atom stereocenters. The fourth-order valence-corrected chi connectivity index (χ4v) is 3.12. The molecule has 1 aromatic heterocycles. The Labute approximate surface area is 122 Å².